The predicted octanol–water partition coefficient (Wildman–Crippen LogP) is 12.2. The van der Waals surface area contributed by atoms with Crippen LogP contribution in [0.25, 0.3) is 23.3 Å². The number of rotatable bonds is 18. The van der Waals surface area contributed by atoms with Gasteiger partial charge >= 0.3 is 0 Å². The zero-order valence-corrected chi connectivity index (χ0v) is 67.9. The number of carbonyl (C=O) groups is 6. The molecular formula is C85H84ClF3N10O14S4. The van der Waals surface area contributed by atoms with E-state index in [-0.39, 0.29) is 85.1 Å². The maximum Gasteiger partial charge on any atom is 0.261 e. The molecule has 2 saturated heterocycles. The van der Waals surface area contributed by atoms with Crippen molar-refractivity contribution in [2.45, 2.75) is 115 Å². The van der Waals surface area contributed by atoms with Crippen molar-refractivity contribution in [3.05, 3.63) is 247 Å². The number of fused-ring (bicyclic) bond motifs is 6. The van der Waals surface area contributed by atoms with Gasteiger partial charge in [0, 0.05) is 107 Å². The molecule has 8 aliphatic heterocycles. The molecule has 2 aromatic heterocycles. The number of hydrogen-bond acceptors (Lipinski definition) is 16. The Bertz CT molecular complexity index is 5780. The monoisotopic (exact) mass is 1690 g/mol. The first-order valence-corrected chi connectivity index (χ1v) is 45.6. The fraction of sp³-hybridized carbons (Fsp3) is 0.294. The molecule has 0 atom stereocenters. The van der Waals surface area contributed by atoms with Crippen molar-refractivity contribution in [3.63, 3.8) is 0 Å². The van der Waals surface area contributed by atoms with Crippen LogP contribution in [0.2, 0.25) is 0 Å². The van der Waals surface area contributed by atoms with Gasteiger partial charge in [0.15, 0.2) is 29.5 Å². The second-order valence-electron chi connectivity index (χ2n) is 30.0. The molecule has 10 heterocycles. The third-order valence-electron chi connectivity index (χ3n) is 21.9. The van der Waals surface area contributed by atoms with Crippen molar-refractivity contribution in [1.29, 1.82) is 0 Å². The van der Waals surface area contributed by atoms with Crippen LogP contribution >= 0.6 is 10.7 Å². The largest absolute Gasteiger partial charge is 0.358 e. The van der Waals surface area contributed by atoms with Gasteiger partial charge in [-0.15, -0.1) is 0 Å². The van der Waals surface area contributed by atoms with Crippen LogP contribution < -0.4 is 21.3 Å². The fourth-order valence-corrected chi connectivity index (χ4v) is 20.6. The summed E-state index contributed by atoms with van der Waals surface area (Å²) < 4.78 is 139. The summed E-state index contributed by atoms with van der Waals surface area (Å²) in [6.45, 7) is 12.7. The molecular weight excluding hydrogens is 1610 g/mol. The highest BCUT2D eigenvalue weighted by Crippen LogP contribution is 2.40. The molecule has 0 radical (unpaired) electrons. The molecule has 117 heavy (non-hydrogen) atoms. The number of carbonyl (C=O) groups excluding carboxylic acids is 6. The summed E-state index contributed by atoms with van der Waals surface area (Å²) in [5.74, 6) is -2.97. The van der Waals surface area contributed by atoms with Crippen molar-refractivity contribution in [1.82, 2.24) is 29.6 Å². The number of halogens is 4. The van der Waals surface area contributed by atoms with Gasteiger partial charge in [0.25, 0.3) is 32.7 Å². The number of sulfone groups is 3. The smallest absolute Gasteiger partial charge is 0.261 e. The quantitative estimate of drug-likeness (QED) is 0.0343. The molecule has 9 aromatic rings. The number of nitrogens with one attached hydrogen (secondary N) is 6. The Balaban J connectivity index is 0.000000138. The van der Waals surface area contributed by atoms with Crippen LogP contribution in [0.4, 0.5) is 35.9 Å². The zero-order valence-electron chi connectivity index (χ0n) is 63.9. The fourth-order valence-electron chi connectivity index (χ4n) is 15.7. The molecule has 0 unspecified atom stereocenters. The third-order valence-corrected chi connectivity index (χ3v) is 28.3. The maximum absolute atomic E-state index is 13.6. The Morgan fingerprint density at radius 2 is 0.726 bits per heavy atom. The highest BCUT2D eigenvalue weighted by Gasteiger charge is 2.35. The number of amides is 6. The Labute approximate surface area is 680 Å². The molecule has 610 valence electrons. The lowest BCUT2D eigenvalue weighted by Gasteiger charge is -2.24. The Kier molecular flexibility index (Phi) is 24.3. The molecule has 7 aromatic carbocycles. The molecule has 2 fully saturated rings. The van der Waals surface area contributed by atoms with E-state index in [1.54, 1.807) is 30.4 Å². The number of aryl methyl sites for hydroxylation is 2. The van der Waals surface area contributed by atoms with Gasteiger partial charge in [-0.05, 0) is 252 Å². The SMILES string of the molecule is Cc1c(/C=C2\C(=O)Nc3ccc(S(=O)(=O)Cc4ccc(F)cc4)cc32)[nH]c2c1C(=O)N(CCN1CCCC1)CCC2.Cc1c(/C=C2\C(=O)Nc3ccc(S(=O)(=O)Cc4ccc(F)cc4)cc32)[nH]c2c1C(=O)N(CCN1CCCC1)CCC2.O=C1Cc2cc(S(=O)(=O)Cc3ccc(F)cc3)ccc2N1.O=C1Cc2cc(S(=O)(=O)Cl)ccc2N1. The van der Waals surface area contributed by atoms with Gasteiger partial charge in [-0.3, -0.25) is 28.8 Å². The second kappa shape index (κ2) is 34.4. The van der Waals surface area contributed by atoms with Crippen molar-refractivity contribution in [2.24, 2.45) is 0 Å². The van der Waals surface area contributed by atoms with E-state index in [1.807, 2.05) is 23.6 Å². The summed E-state index contributed by atoms with van der Waals surface area (Å²) in [4.78, 5) is 91.3. The molecule has 0 aliphatic carbocycles. The highest BCUT2D eigenvalue weighted by atomic mass is 35.7. The Hall–Kier alpha value is -10.8. The minimum atomic E-state index is -3.75. The summed E-state index contributed by atoms with van der Waals surface area (Å²) in [5, 5.41) is 10.9. The molecule has 24 nitrogen and oxygen atoms in total. The number of nitrogens with zero attached hydrogens (tertiary/aromatic N) is 4. The van der Waals surface area contributed by atoms with Crippen LogP contribution in [-0.2, 0) is 101 Å². The third kappa shape index (κ3) is 19.1. The zero-order chi connectivity index (χ0) is 82.8. The summed E-state index contributed by atoms with van der Waals surface area (Å²) in [6, 6.07) is 34.1. The number of anilines is 4. The average Bonchev–Trinajstić information content (AvgIpc) is 1.62. The van der Waals surface area contributed by atoms with E-state index in [9.17, 15) is 75.6 Å². The van der Waals surface area contributed by atoms with Gasteiger partial charge in [-0.25, -0.2) is 46.8 Å². The first-order chi connectivity index (χ1) is 55.8. The molecule has 0 saturated carbocycles. The first kappa shape index (κ1) is 82.7. The highest BCUT2D eigenvalue weighted by molar-refractivity contribution is 8.13. The van der Waals surface area contributed by atoms with Gasteiger partial charge in [-0.1, -0.05) is 36.4 Å². The normalized spacial score (nSPS) is 17.2. The summed E-state index contributed by atoms with van der Waals surface area (Å²) in [7, 11) is -9.57. The van der Waals surface area contributed by atoms with Crippen LogP contribution in [0.3, 0.4) is 0 Å². The van der Waals surface area contributed by atoms with E-state index in [2.05, 4.69) is 41.0 Å². The lowest BCUT2D eigenvalue weighted by atomic mass is 10.0. The van der Waals surface area contributed by atoms with Crippen LogP contribution in [0.1, 0.15) is 132 Å². The van der Waals surface area contributed by atoms with E-state index in [1.165, 1.54) is 153 Å². The van der Waals surface area contributed by atoms with Crippen molar-refractivity contribution in [2.75, 3.05) is 86.7 Å². The number of benzene rings is 7. The number of hydrogen-bond donors (Lipinski definition) is 6. The van der Waals surface area contributed by atoms with Crippen LogP contribution in [0.5, 0.6) is 0 Å². The summed E-state index contributed by atoms with van der Waals surface area (Å²) >= 11 is 0. The van der Waals surface area contributed by atoms with E-state index in [0.29, 0.717) is 108 Å². The van der Waals surface area contributed by atoms with Gasteiger partial charge in [-0.2, -0.15) is 0 Å². The Morgan fingerprint density at radius 1 is 0.393 bits per heavy atom. The summed E-state index contributed by atoms with van der Waals surface area (Å²) in [6.07, 6.45) is 11.9. The van der Waals surface area contributed by atoms with E-state index >= 15 is 0 Å². The molecule has 32 heteroatoms. The van der Waals surface area contributed by atoms with Gasteiger partial charge in [0.05, 0.1) is 72.0 Å². The van der Waals surface area contributed by atoms with E-state index < -0.39 is 56.0 Å². The lowest BCUT2D eigenvalue weighted by molar-refractivity contribution is -0.115. The van der Waals surface area contributed by atoms with Crippen molar-refractivity contribution >= 4 is 131 Å². The summed E-state index contributed by atoms with van der Waals surface area (Å²) in [5.41, 5.74) is 12.8. The predicted molar refractivity (Wildman–Crippen MR) is 439 cm³/mol. The topological polar surface area (TPSA) is 332 Å². The molecule has 17 rings (SSSR count). The molecule has 6 amide bonds. The van der Waals surface area contributed by atoms with E-state index in [4.69, 9.17) is 10.7 Å². The van der Waals surface area contributed by atoms with Crippen molar-refractivity contribution in [3.8, 4) is 0 Å². The second-order valence-corrected chi connectivity index (χ2v) is 38.6. The van der Waals surface area contributed by atoms with Crippen LogP contribution in [0, 0.1) is 31.3 Å². The van der Waals surface area contributed by atoms with Gasteiger partial charge < -0.3 is 50.8 Å². The van der Waals surface area contributed by atoms with Crippen LogP contribution in [0.15, 0.2) is 165 Å². The average molecular weight is 1690 g/mol. The minimum Gasteiger partial charge on any atom is -0.358 e. The minimum absolute atomic E-state index is 0.0144. The first-order valence-electron chi connectivity index (χ1n) is 38.3. The molecule has 8 aliphatic rings. The van der Waals surface area contributed by atoms with Gasteiger partial charge in [0.1, 0.15) is 17.5 Å². The van der Waals surface area contributed by atoms with Gasteiger partial charge in [0.2, 0.25) is 11.8 Å². The molecule has 0 bridgehead atoms. The maximum atomic E-state index is 13.6. The van der Waals surface area contributed by atoms with E-state index in [0.717, 1.165) is 101 Å². The lowest BCUT2D eigenvalue weighted by Crippen LogP contribution is -2.38. The molecule has 6 N–H and O–H groups in total. The van der Waals surface area contributed by atoms with Crippen LogP contribution in [-0.4, -0.2) is 164 Å². The Morgan fingerprint density at radius 3 is 1.09 bits per heavy atom. The number of aromatic amines is 2. The van der Waals surface area contributed by atoms with Crippen molar-refractivity contribution < 1.29 is 75.6 Å². The number of H-pyrrole nitrogens is 2. The number of aromatic nitrogens is 2. The standard InChI is InChI=1S/2C31H33FN4O4S.C15H12FNO3S.C8H6ClNO3S/c2*1-20-28(33-27-5-4-14-36(31(38)29(20)27)16-15-35-12-2-3-13-35)18-25-24-17-23(10-11-26(24)34-30(25)37)41(39,40)19-21-6-8-22(32)9-7-21;16-12-3-1-10(2-4-12)9-21(19,20)13-5-6-14-11(7-13)8-15(18)17-14;9-14(12,13)6-1-2-7-5(3-6)4-8(11)10-7/h2*6-11,17-18,33H,2-5,12-16,19H2,1H3,(H,34,37);1-7H,8-9H2,(H,17,18);1-3H,4H2,(H,10,11)/b2*25-18-;;. The molecule has 0 spiro atoms. The number of likely N-dealkylation sites (tertiary alicyclic amines) is 2.